The van der Waals surface area contributed by atoms with Crippen LogP contribution in [0.3, 0.4) is 0 Å². The zero-order valence-electron chi connectivity index (χ0n) is 17.5. The van der Waals surface area contributed by atoms with E-state index in [9.17, 15) is 0 Å². The van der Waals surface area contributed by atoms with Crippen molar-refractivity contribution in [3.63, 3.8) is 0 Å². The molecule has 0 unspecified atom stereocenters. The lowest BCUT2D eigenvalue weighted by atomic mass is 10.1. The Hall–Kier alpha value is -3.29. The highest BCUT2D eigenvalue weighted by Crippen LogP contribution is 2.24. The minimum absolute atomic E-state index is 0.263. The fraction of sp³-hybridized carbons (Fsp3) is 0.381. The number of aryl methyl sites for hydroxylation is 1. The molecule has 8 heteroatoms. The molecule has 8 nitrogen and oxygen atoms in total. The van der Waals surface area contributed by atoms with Crippen LogP contribution in [0, 0.1) is 6.92 Å². The number of aromatic nitrogens is 3. The van der Waals surface area contributed by atoms with E-state index in [1.807, 2.05) is 26.8 Å². The Morgan fingerprint density at radius 2 is 2.00 bits per heavy atom. The molecular weight excluding hydrogens is 368 g/mol. The first-order chi connectivity index (χ1) is 13.8. The number of nitrogens with one attached hydrogen (secondary N) is 3. The number of aliphatic imine (C=N–C) groups is 1. The number of nitrogens with zero attached hydrogens (tertiary/aromatic N) is 3. The number of hydrogen-bond acceptors (Lipinski definition) is 5. The molecule has 0 aliphatic heterocycles. The molecule has 3 N–H and O–H groups in total. The Morgan fingerprint density at radius 3 is 2.69 bits per heavy atom. The van der Waals surface area contributed by atoms with Crippen molar-refractivity contribution < 1.29 is 9.15 Å². The minimum Gasteiger partial charge on any atom is -0.488 e. The number of benzene rings is 1. The molecule has 0 saturated heterocycles. The SMILES string of the molecule is CN=C(NCc1nc(-c2ccco2)n[nH]1)NCc1ccc(C)cc1OC(C)(C)C. The summed E-state index contributed by atoms with van der Waals surface area (Å²) in [5, 5.41) is 13.6. The first-order valence-corrected chi connectivity index (χ1v) is 9.52. The van der Waals surface area contributed by atoms with Crippen LogP contribution in [-0.4, -0.2) is 33.8 Å². The largest absolute Gasteiger partial charge is 0.488 e. The monoisotopic (exact) mass is 396 g/mol. The van der Waals surface area contributed by atoms with Gasteiger partial charge in [-0.05, 0) is 51.5 Å². The number of hydrogen-bond donors (Lipinski definition) is 3. The number of ether oxygens (including phenoxy) is 1. The predicted molar refractivity (Wildman–Crippen MR) is 113 cm³/mol. The Kier molecular flexibility index (Phi) is 6.21. The van der Waals surface area contributed by atoms with Crippen molar-refractivity contribution in [2.24, 2.45) is 4.99 Å². The molecular formula is C21H28N6O2. The lowest BCUT2D eigenvalue weighted by Gasteiger charge is -2.24. The Morgan fingerprint density at radius 1 is 1.21 bits per heavy atom. The third-order valence-corrected chi connectivity index (χ3v) is 4.01. The molecule has 0 amide bonds. The lowest BCUT2D eigenvalue weighted by molar-refractivity contribution is 0.129. The van der Waals surface area contributed by atoms with Gasteiger partial charge >= 0.3 is 0 Å². The van der Waals surface area contributed by atoms with Crippen molar-refractivity contribution in [1.82, 2.24) is 25.8 Å². The van der Waals surface area contributed by atoms with E-state index >= 15 is 0 Å². The molecule has 0 aliphatic carbocycles. The zero-order valence-corrected chi connectivity index (χ0v) is 17.5. The van der Waals surface area contributed by atoms with Crippen LogP contribution in [0.25, 0.3) is 11.6 Å². The van der Waals surface area contributed by atoms with Gasteiger partial charge in [0.2, 0.25) is 5.82 Å². The van der Waals surface area contributed by atoms with E-state index in [1.165, 1.54) is 0 Å². The summed E-state index contributed by atoms with van der Waals surface area (Å²) in [4.78, 5) is 8.69. The van der Waals surface area contributed by atoms with Crippen LogP contribution < -0.4 is 15.4 Å². The lowest BCUT2D eigenvalue weighted by Crippen LogP contribution is -2.36. The second-order valence-corrected chi connectivity index (χ2v) is 7.69. The number of guanidine groups is 1. The summed E-state index contributed by atoms with van der Waals surface area (Å²) >= 11 is 0. The van der Waals surface area contributed by atoms with Gasteiger partial charge in [0.05, 0.1) is 12.8 Å². The standard InChI is InChI=1S/C21H28N6O2/c1-14-8-9-15(17(11-14)29-21(2,3)4)12-23-20(22-5)24-13-18-25-19(27-26-18)16-7-6-10-28-16/h6-11H,12-13H2,1-5H3,(H2,22,23,24)(H,25,26,27). The van der Waals surface area contributed by atoms with Gasteiger partial charge in [-0.3, -0.25) is 10.1 Å². The van der Waals surface area contributed by atoms with Gasteiger partial charge in [-0.1, -0.05) is 12.1 Å². The number of H-pyrrole nitrogens is 1. The molecule has 1 aromatic carbocycles. The first-order valence-electron chi connectivity index (χ1n) is 9.52. The second-order valence-electron chi connectivity index (χ2n) is 7.69. The highest BCUT2D eigenvalue weighted by atomic mass is 16.5. The van der Waals surface area contributed by atoms with Crippen LogP contribution in [0.5, 0.6) is 5.75 Å². The third kappa shape index (κ3) is 5.84. The second kappa shape index (κ2) is 8.81. The molecule has 3 rings (SSSR count). The summed E-state index contributed by atoms with van der Waals surface area (Å²) < 4.78 is 11.4. The molecule has 3 aromatic rings. The van der Waals surface area contributed by atoms with Gasteiger partial charge in [-0.25, -0.2) is 4.98 Å². The van der Waals surface area contributed by atoms with E-state index in [1.54, 1.807) is 19.4 Å². The smallest absolute Gasteiger partial charge is 0.216 e. The molecule has 2 aromatic heterocycles. The molecule has 29 heavy (non-hydrogen) atoms. The van der Waals surface area contributed by atoms with Gasteiger partial charge in [0.25, 0.3) is 0 Å². The molecule has 0 spiro atoms. The van der Waals surface area contributed by atoms with Crippen LogP contribution >= 0.6 is 0 Å². The van der Waals surface area contributed by atoms with Gasteiger partial charge in [-0.2, -0.15) is 0 Å². The molecule has 2 heterocycles. The number of furan rings is 1. The highest BCUT2D eigenvalue weighted by Gasteiger charge is 2.15. The van der Waals surface area contributed by atoms with E-state index in [2.05, 4.69) is 55.9 Å². The van der Waals surface area contributed by atoms with Crippen molar-refractivity contribution in [3.05, 3.63) is 53.5 Å². The normalized spacial score (nSPS) is 12.1. The molecule has 0 saturated carbocycles. The Bertz CT molecular complexity index is 954. The van der Waals surface area contributed by atoms with Crippen molar-refractivity contribution in [3.8, 4) is 17.3 Å². The van der Waals surface area contributed by atoms with Gasteiger partial charge in [0.15, 0.2) is 11.7 Å². The van der Waals surface area contributed by atoms with Crippen LogP contribution in [0.15, 0.2) is 46.0 Å². The number of aromatic amines is 1. The summed E-state index contributed by atoms with van der Waals surface area (Å²) in [5.41, 5.74) is 1.96. The van der Waals surface area contributed by atoms with Crippen LogP contribution in [-0.2, 0) is 13.1 Å². The highest BCUT2D eigenvalue weighted by molar-refractivity contribution is 5.79. The summed E-state index contributed by atoms with van der Waals surface area (Å²) in [6.45, 7) is 9.22. The predicted octanol–water partition coefficient (Wildman–Crippen LogP) is 3.42. The third-order valence-electron chi connectivity index (χ3n) is 4.01. The summed E-state index contributed by atoms with van der Waals surface area (Å²) in [6, 6.07) is 9.83. The average molecular weight is 396 g/mol. The quantitative estimate of drug-likeness (QED) is 0.436. The maximum absolute atomic E-state index is 6.11. The van der Waals surface area contributed by atoms with Crippen LogP contribution in [0.4, 0.5) is 0 Å². The first kappa shape index (κ1) is 20.4. The molecule has 0 radical (unpaired) electrons. The summed E-state index contributed by atoms with van der Waals surface area (Å²) in [5.74, 6) is 3.37. The van der Waals surface area contributed by atoms with E-state index in [-0.39, 0.29) is 5.60 Å². The van der Waals surface area contributed by atoms with Crippen molar-refractivity contribution in [2.45, 2.75) is 46.4 Å². The van der Waals surface area contributed by atoms with E-state index in [0.29, 0.717) is 36.5 Å². The fourth-order valence-corrected chi connectivity index (χ4v) is 2.69. The van der Waals surface area contributed by atoms with Crippen LogP contribution in [0.2, 0.25) is 0 Å². The van der Waals surface area contributed by atoms with Crippen molar-refractivity contribution >= 4 is 5.96 Å². The maximum Gasteiger partial charge on any atom is 0.216 e. The minimum atomic E-state index is -0.263. The van der Waals surface area contributed by atoms with Crippen LogP contribution in [0.1, 0.15) is 37.7 Å². The van der Waals surface area contributed by atoms with Gasteiger partial charge in [0, 0.05) is 19.2 Å². The average Bonchev–Trinajstić information content (AvgIpc) is 3.33. The van der Waals surface area contributed by atoms with E-state index in [0.717, 1.165) is 16.9 Å². The summed E-state index contributed by atoms with van der Waals surface area (Å²) in [7, 11) is 1.73. The molecule has 154 valence electrons. The molecule has 0 atom stereocenters. The zero-order chi connectivity index (χ0) is 20.9. The fourth-order valence-electron chi connectivity index (χ4n) is 2.69. The van der Waals surface area contributed by atoms with Crippen molar-refractivity contribution in [1.29, 1.82) is 0 Å². The van der Waals surface area contributed by atoms with Gasteiger partial charge in [-0.15, -0.1) is 5.10 Å². The maximum atomic E-state index is 6.11. The topological polar surface area (TPSA) is 100 Å². The molecule has 0 bridgehead atoms. The van der Waals surface area contributed by atoms with Gasteiger partial charge < -0.3 is 19.8 Å². The Balaban J connectivity index is 1.59. The number of rotatable bonds is 6. The molecule has 0 fully saturated rings. The van der Waals surface area contributed by atoms with Gasteiger partial charge in [0.1, 0.15) is 17.2 Å². The summed E-state index contributed by atoms with van der Waals surface area (Å²) in [6.07, 6.45) is 1.60. The van der Waals surface area contributed by atoms with E-state index in [4.69, 9.17) is 9.15 Å². The van der Waals surface area contributed by atoms with E-state index < -0.39 is 0 Å². The van der Waals surface area contributed by atoms with Crippen molar-refractivity contribution in [2.75, 3.05) is 7.05 Å². The Labute approximate surface area is 170 Å². The molecule has 0 aliphatic rings.